The van der Waals surface area contributed by atoms with Gasteiger partial charge in [-0.3, -0.25) is 0 Å². The van der Waals surface area contributed by atoms with Crippen LogP contribution >= 0.6 is 0 Å². The fourth-order valence-corrected chi connectivity index (χ4v) is 2.46. The largest absolute Gasteiger partial charge is 0.350 e. The molecule has 0 radical (unpaired) electrons. The molecule has 1 aromatic rings. The van der Waals surface area contributed by atoms with Crippen molar-refractivity contribution >= 4 is 5.95 Å². The molecule has 0 amide bonds. The van der Waals surface area contributed by atoms with E-state index in [-0.39, 0.29) is 0 Å². The number of anilines is 1. The zero-order chi connectivity index (χ0) is 10.3. The first-order valence-corrected chi connectivity index (χ1v) is 6.14. The molecule has 3 heteroatoms. The number of imidazole rings is 1. The molecule has 0 saturated heterocycles. The summed E-state index contributed by atoms with van der Waals surface area (Å²) < 4.78 is 2.32. The van der Waals surface area contributed by atoms with Crippen molar-refractivity contribution in [1.82, 2.24) is 9.55 Å². The standard InChI is InChI=1S/C12H19N3/c1-2-12(6-3-7-12)14-11-13-8-9-15(11)10-4-5-10/h8-10H,2-7H2,1H3,(H,13,14). The molecule has 2 fully saturated rings. The SMILES string of the molecule is CCC1(Nc2nccn2C2CC2)CCC1. The second-order valence-electron chi connectivity index (χ2n) is 5.00. The summed E-state index contributed by atoms with van der Waals surface area (Å²) in [6, 6.07) is 0.726. The quantitative estimate of drug-likeness (QED) is 0.819. The molecule has 0 unspecified atom stereocenters. The van der Waals surface area contributed by atoms with E-state index in [4.69, 9.17) is 0 Å². The molecular weight excluding hydrogens is 186 g/mol. The van der Waals surface area contributed by atoms with E-state index in [1.54, 1.807) is 0 Å². The van der Waals surface area contributed by atoms with E-state index >= 15 is 0 Å². The molecule has 2 aliphatic carbocycles. The Kier molecular flexibility index (Phi) is 2.01. The molecule has 82 valence electrons. The van der Waals surface area contributed by atoms with Crippen LogP contribution in [0.2, 0.25) is 0 Å². The number of nitrogens with zero attached hydrogens (tertiary/aromatic N) is 2. The lowest BCUT2D eigenvalue weighted by atomic mass is 9.75. The minimum absolute atomic E-state index is 0.359. The minimum atomic E-state index is 0.359. The van der Waals surface area contributed by atoms with Crippen LogP contribution in [0.15, 0.2) is 12.4 Å². The maximum absolute atomic E-state index is 4.44. The van der Waals surface area contributed by atoms with E-state index in [0.717, 1.165) is 12.0 Å². The van der Waals surface area contributed by atoms with Crippen molar-refractivity contribution in [3.63, 3.8) is 0 Å². The van der Waals surface area contributed by atoms with Crippen molar-refractivity contribution in [3.05, 3.63) is 12.4 Å². The highest BCUT2D eigenvalue weighted by molar-refractivity contribution is 5.33. The number of hydrogen-bond donors (Lipinski definition) is 1. The van der Waals surface area contributed by atoms with E-state index < -0.39 is 0 Å². The van der Waals surface area contributed by atoms with Gasteiger partial charge in [0.2, 0.25) is 5.95 Å². The predicted molar refractivity (Wildman–Crippen MR) is 61.0 cm³/mol. The van der Waals surface area contributed by atoms with Crippen LogP contribution in [0.1, 0.15) is 51.5 Å². The average Bonchev–Trinajstić information content (AvgIpc) is 2.93. The first kappa shape index (κ1) is 9.25. The van der Waals surface area contributed by atoms with E-state index in [1.165, 1.54) is 38.5 Å². The van der Waals surface area contributed by atoms with Gasteiger partial charge in [-0.2, -0.15) is 0 Å². The summed E-state index contributed by atoms with van der Waals surface area (Å²) in [5.74, 6) is 1.10. The summed E-state index contributed by atoms with van der Waals surface area (Å²) in [4.78, 5) is 4.44. The Balaban J connectivity index is 1.77. The Morgan fingerprint density at radius 3 is 2.87 bits per heavy atom. The minimum Gasteiger partial charge on any atom is -0.350 e. The van der Waals surface area contributed by atoms with Crippen LogP contribution in [0.4, 0.5) is 5.95 Å². The van der Waals surface area contributed by atoms with Gasteiger partial charge in [0.25, 0.3) is 0 Å². The van der Waals surface area contributed by atoms with Crippen molar-refractivity contribution in [1.29, 1.82) is 0 Å². The Labute approximate surface area is 90.9 Å². The molecule has 0 atom stereocenters. The third-order valence-corrected chi connectivity index (χ3v) is 3.97. The van der Waals surface area contributed by atoms with Crippen LogP contribution in [-0.4, -0.2) is 15.1 Å². The van der Waals surface area contributed by atoms with Gasteiger partial charge in [0, 0.05) is 24.0 Å². The van der Waals surface area contributed by atoms with Crippen LogP contribution < -0.4 is 5.32 Å². The lowest BCUT2D eigenvalue weighted by molar-refractivity contribution is 0.267. The van der Waals surface area contributed by atoms with Gasteiger partial charge >= 0.3 is 0 Å². The predicted octanol–water partition coefficient (Wildman–Crippen LogP) is 2.96. The van der Waals surface area contributed by atoms with Gasteiger partial charge in [-0.1, -0.05) is 6.92 Å². The highest BCUT2D eigenvalue weighted by atomic mass is 15.2. The average molecular weight is 205 g/mol. The number of aromatic nitrogens is 2. The Hall–Kier alpha value is -0.990. The molecule has 1 heterocycles. The van der Waals surface area contributed by atoms with E-state index in [0.29, 0.717) is 5.54 Å². The summed E-state index contributed by atoms with van der Waals surface area (Å²) in [6.07, 6.45) is 11.9. The van der Waals surface area contributed by atoms with Crippen molar-refractivity contribution in [2.75, 3.05) is 5.32 Å². The molecule has 1 aromatic heterocycles. The molecule has 3 nitrogen and oxygen atoms in total. The summed E-state index contributed by atoms with van der Waals surface area (Å²) >= 11 is 0. The van der Waals surface area contributed by atoms with Crippen LogP contribution in [-0.2, 0) is 0 Å². The monoisotopic (exact) mass is 205 g/mol. The maximum Gasteiger partial charge on any atom is 0.203 e. The second-order valence-corrected chi connectivity index (χ2v) is 5.00. The molecule has 3 rings (SSSR count). The molecule has 0 bridgehead atoms. The van der Waals surface area contributed by atoms with Gasteiger partial charge in [0.1, 0.15) is 0 Å². The molecule has 0 aromatic carbocycles. The smallest absolute Gasteiger partial charge is 0.203 e. The van der Waals surface area contributed by atoms with E-state index in [1.807, 2.05) is 6.20 Å². The van der Waals surface area contributed by atoms with E-state index in [2.05, 4.69) is 28.0 Å². The Bertz CT molecular complexity index is 342. The van der Waals surface area contributed by atoms with Crippen molar-refractivity contribution < 1.29 is 0 Å². The summed E-state index contributed by atoms with van der Waals surface area (Å²) in [5, 5.41) is 3.66. The van der Waals surface area contributed by atoms with Gasteiger partial charge in [0.05, 0.1) is 0 Å². The lowest BCUT2D eigenvalue weighted by Crippen LogP contribution is -2.45. The highest BCUT2D eigenvalue weighted by Crippen LogP contribution is 2.41. The summed E-state index contributed by atoms with van der Waals surface area (Å²) in [5.41, 5.74) is 0.359. The number of hydrogen-bond acceptors (Lipinski definition) is 2. The summed E-state index contributed by atoms with van der Waals surface area (Å²) in [7, 11) is 0. The molecule has 2 aliphatic rings. The van der Waals surface area contributed by atoms with Crippen LogP contribution in [0.3, 0.4) is 0 Å². The number of rotatable bonds is 4. The van der Waals surface area contributed by atoms with E-state index in [9.17, 15) is 0 Å². The Morgan fingerprint density at radius 1 is 1.53 bits per heavy atom. The Morgan fingerprint density at radius 2 is 2.33 bits per heavy atom. The van der Waals surface area contributed by atoms with Gasteiger partial charge in [-0.05, 0) is 38.5 Å². The third-order valence-electron chi connectivity index (χ3n) is 3.97. The van der Waals surface area contributed by atoms with Gasteiger partial charge in [-0.25, -0.2) is 4.98 Å². The molecule has 15 heavy (non-hydrogen) atoms. The maximum atomic E-state index is 4.44. The van der Waals surface area contributed by atoms with Crippen LogP contribution in [0, 0.1) is 0 Å². The van der Waals surface area contributed by atoms with Crippen molar-refractivity contribution in [3.8, 4) is 0 Å². The molecular formula is C12H19N3. The normalized spacial score (nSPS) is 23.5. The van der Waals surface area contributed by atoms with Gasteiger partial charge in [-0.15, -0.1) is 0 Å². The molecule has 2 saturated carbocycles. The topological polar surface area (TPSA) is 29.9 Å². The summed E-state index contributed by atoms with van der Waals surface area (Å²) in [6.45, 7) is 2.27. The fraction of sp³-hybridized carbons (Fsp3) is 0.750. The first-order chi connectivity index (χ1) is 7.33. The van der Waals surface area contributed by atoms with Crippen LogP contribution in [0.25, 0.3) is 0 Å². The number of nitrogens with one attached hydrogen (secondary N) is 1. The molecule has 1 N–H and O–H groups in total. The highest BCUT2D eigenvalue weighted by Gasteiger charge is 2.36. The first-order valence-electron chi connectivity index (χ1n) is 6.14. The van der Waals surface area contributed by atoms with Gasteiger partial charge < -0.3 is 9.88 Å². The van der Waals surface area contributed by atoms with Crippen molar-refractivity contribution in [2.45, 2.75) is 57.0 Å². The van der Waals surface area contributed by atoms with Crippen LogP contribution in [0.5, 0.6) is 0 Å². The zero-order valence-electron chi connectivity index (χ0n) is 9.37. The van der Waals surface area contributed by atoms with Gasteiger partial charge in [0.15, 0.2) is 0 Å². The van der Waals surface area contributed by atoms with Crippen molar-refractivity contribution in [2.24, 2.45) is 0 Å². The fourth-order valence-electron chi connectivity index (χ4n) is 2.46. The molecule has 0 aliphatic heterocycles. The second kappa shape index (κ2) is 3.26. The zero-order valence-corrected chi connectivity index (χ0v) is 9.37. The lowest BCUT2D eigenvalue weighted by Gasteiger charge is -2.42. The third kappa shape index (κ3) is 1.54. The molecule has 0 spiro atoms.